The first-order chi connectivity index (χ1) is 14.2. The molecule has 1 aliphatic rings. The Balaban J connectivity index is 1.63. The summed E-state index contributed by atoms with van der Waals surface area (Å²) < 4.78 is 10.5. The summed E-state index contributed by atoms with van der Waals surface area (Å²) in [6.07, 6.45) is 1.45. The molecule has 0 unspecified atom stereocenters. The van der Waals surface area contributed by atoms with Gasteiger partial charge in [0.05, 0.1) is 31.7 Å². The largest absolute Gasteiger partial charge is 0.497 e. The van der Waals surface area contributed by atoms with Crippen LogP contribution < -0.4 is 20.3 Å². The Bertz CT molecular complexity index is 897. The molecule has 1 heterocycles. The van der Waals surface area contributed by atoms with E-state index in [0.717, 1.165) is 35.8 Å². The van der Waals surface area contributed by atoms with E-state index in [0.29, 0.717) is 19.8 Å². The van der Waals surface area contributed by atoms with Crippen molar-refractivity contribution in [3.05, 3.63) is 65.9 Å². The van der Waals surface area contributed by atoms with E-state index in [-0.39, 0.29) is 5.57 Å². The minimum atomic E-state index is -0.431. The summed E-state index contributed by atoms with van der Waals surface area (Å²) in [6, 6.07) is 17.2. The molecule has 2 aromatic carbocycles. The van der Waals surface area contributed by atoms with Crippen LogP contribution >= 0.6 is 0 Å². The van der Waals surface area contributed by atoms with Crippen LogP contribution in [-0.4, -0.2) is 39.3 Å². The number of anilines is 2. The summed E-state index contributed by atoms with van der Waals surface area (Å²) in [7, 11) is 1.60. The average molecular weight is 392 g/mol. The summed E-state index contributed by atoms with van der Waals surface area (Å²) >= 11 is 0. The number of rotatable bonds is 7. The normalized spacial score (nSPS) is 14.1. The van der Waals surface area contributed by atoms with Crippen LogP contribution in [0.25, 0.3) is 0 Å². The molecular formula is C22H24N4O3. The lowest BCUT2D eigenvalue weighted by Gasteiger charge is -2.30. The van der Waals surface area contributed by atoms with E-state index >= 15 is 0 Å². The molecule has 0 bridgehead atoms. The molecule has 0 saturated carbocycles. The monoisotopic (exact) mass is 392 g/mol. The average Bonchev–Trinajstić information content (AvgIpc) is 2.79. The van der Waals surface area contributed by atoms with Crippen LogP contribution in [-0.2, 0) is 16.1 Å². The van der Waals surface area contributed by atoms with E-state index in [1.54, 1.807) is 7.11 Å². The summed E-state index contributed by atoms with van der Waals surface area (Å²) in [4.78, 5) is 14.6. The number of benzene rings is 2. The zero-order valence-electron chi connectivity index (χ0n) is 16.4. The number of hydrogen-bond acceptors (Lipinski definition) is 6. The molecule has 0 aliphatic carbocycles. The van der Waals surface area contributed by atoms with Crippen LogP contribution in [0, 0.1) is 11.3 Å². The fourth-order valence-corrected chi connectivity index (χ4v) is 3.00. The number of para-hydroxylation sites is 2. The van der Waals surface area contributed by atoms with Gasteiger partial charge in [0, 0.05) is 25.8 Å². The molecule has 0 radical (unpaired) electrons. The Morgan fingerprint density at radius 2 is 1.93 bits per heavy atom. The lowest BCUT2D eigenvalue weighted by molar-refractivity contribution is -0.117. The van der Waals surface area contributed by atoms with E-state index in [4.69, 9.17) is 9.47 Å². The van der Waals surface area contributed by atoms with Gasteiger partial charge in [-0.2, -0.15) is 5.26 Å². The number of carbonyl (C=O) groups is 1. The fraction of sp³-hybridized carbons (Fsp3) is 0.273. The van der Waals surface area contributed by atoms with Gasteiger partial charge >= 0.3 is 0 Å². The van der Waals surface area contributed by atoms with Crippen molar-refractivity contribution in [2.24, 2.45) is 0 Å². The molecule has 0 spiro atoms. The molecule has 1 saturated heterocycles. The first kappa shape index (κ1) is 20.2. The van der Waals surface area contributed by atoms with E-state index in [2.05, 4.69) is 15.5 Å². The molecule has 2 N–H and O–H groups in total. The molecule has 0 atom stereocenters. The van der Waals surface area contributed by atoms with Gasteiger partial charge in [-0.05, 0) is 29.8 Å². The van der Waals surface area contributed by atoms with Gasteiger partial charge in [-0.15, -0.1) is 0 Å². The third kappa shape index (κ3) is 5.50. The van der Waals surface area contributed by atoms with Crippen LogP contribution in [0.4, 0.5) is 11.4 Å². The molecule has 29 heavy (non-hydrogen) atoms. The van der Waals surface area contributed by atoms with Gasteiger partial charge in [0.25, 0.3) is 5.91 Å². The van der Waals surface area contributed by atoms with E-state index < -0.39 is 5.91 Å². The first-order valence-electron chi connectivity index (χ1n) is 9.41. The van der Waals surface area contributed by atoms with Gasteiger partial charge in [0.15, 0.2) is 0 Å². The zero-order chi connectivity index (χ0) is 20.5. The highest BCUT2D eigenvalue weighted by molar-refractivity contribution is 5.97. The maximum absolute atomic E-state index is 12.4. The topological polar surface area (TPSA) is 86.6 Å². The summed E-state index contributed by atoms with van der Waals surface area (Å²) in [5.74, 6) is 0.320. The minimum absolute atomic E-state index is 0.00953. The number of morpholine rings is 1. The van der Waals surface area contributed by atoms with Crippen LogP contribution in [0.15, 0.2) is 60.3 Å². The van der Waals surface area contributed by atoms with Crippen molar-refractivity contribution in [2.45, 2.75) is 6.54 Å². The molecule has 2 aromatic rings. The lowest BCUT2D eigenvalue weighted by atomic mass is 10.2. The molecule has 0 aromatic heterocycles. The molecule has 1 amide bonds. The lowest BCUT2D eigenvalue weighted by Crippen LogP contribution is -2.36. The van der Waals surface area contributed by atoms with Gasteiger partial charge < -0.3 is 25.0 Å². The number of nitrogens with zero attached hydrogens (tertiary/aromatic N) is 2. The van der Waals surface area contributed by atoms with Crippen LogP contribution in [0.1, 0.15) is 5.56 Å². The highest BCUT2D eigenvalue weighted by Crippen LogP contribution is 2.26. The maximum atomic E-state index is 12.4. The van der Waals surface area contributed by atoms with Crippen molar-refractivity contribution in [3.63, 3.8) is 0 Å². The fourth-order valence-electron chi connectivity index (χ4n) is 3.00. The molecule has 1 aliphatic heterocycles. The maximum Gasteiger partial charge on any atom is 0.263 e. The SMILES string of the molecule is COc1ccc(CNC(=O)/C(C#N)=C\Nc2ccccc2N2CCOCC2)cc1. The second-order valence-electron chi connectivity index (χ2n) is 6.46. The van der Waals surface area contributed by atoms with Gasteiger partial charge in [0.2, 0.25) is 0 Å². The van der Waals surface area contributed by atoms with Gasteiger partial charge in [-0.1, -0.05) is 24.3 Å². The standard InChI is InChI=1S/C22H24N4O3/c1-28-19-8-6-17(7-9-19)15-25-22(27)18(14-23)16-24-20-4-2-3-5-21(20)26-10-12-29-13-11-26/h2-9,16,24H,10-13,15H2,1H3,(H,25,27)/b18-16-. The Morgan fingerprint density at radius 1 is 1.21 bits per heavy atom. The third-order valence-corrected chi connectivity index (χ3v) is 4.61. The highest BCUT2D eigenvalue weighted by atomic mass is 16.5. The zero-order valence-corrected chi connectivity index (χ0v) is 16.4. The second kappa shape index (κ2) is 10.2. The molecular weight excluding hydrogens is 368 g/mol. The number of amides is 1. The quantitative estimate of drug-likeness (QED) is 0.557. The van der Waals surface area contributed by atoms with Crippen molar-refractivity contribution in [1.82, 2.24) is 5.32 Å². The number of nitriles is 1. The van der Waals surface area contributed by atoms with Gasteiger partial charge in [-0.3, -0.25) is 4.79 Å². The van der Waals surface area contributed by atoms with E-state index in [1.807, 2.05) is 54.6 Å². The second-order valence-corrected chi connectivity index (χ2v) is 6.46. The predicted molar refractivity (Wildman–Crippen MR) is 112 cm³/mol. The Labute approximate surface area is 170 Å². The van der Waals surface area contributed by atoms with Crippen molar-refractivity contribution >= 4 is 17.3 Å². The summed E-state index contributed by atoms with van der Waals surface area (Å²) in [5, 5.41) is 15.3. The first-order valence-corrected chi connectivity index (χ1v) is 9.41. The predicted octanol–water partition coefficient (Wildman–Crippen LogP) is 2.67. The smallest absolute Gasteiger partial charge is 0.263 e. The number of carbonyl (C=O) groups excluding carboxylic acids is 1. The summed E-state index contributed by atoms with van der Waals surface area (Å²) in [5.41, 5.74) is 2.78. The van der Waals surface area contributed by atoms with Gasteiger partial charge in [-0.25, -0.2) is 0 Å². The van der Waals surface area contributed by atoms with Crippen LogP contribution in [0.5, 0.6) is 5.75 Å². The van der Waals surface area contributed by atoms with Crippen molar-refractivity contribution in [3.8, 4) is 11.8 Å². The molecule has 150 valence electrons. The van der Waals surface area contributed by atoms with Crippen LogP contribution in [0.2, 0.25) is 0 Å². The number of nitrogens with one attached hydrogen (secondary N) is 2. The molecule has 7 heteroatoms. The van der Waals surface area contributed by atoms with Crippen molar-refractivity contribution in [1.29, 1.82) is 5.26 Å². The Hall–Kier alpha value is -3.50. The number of ether oxygens (including phenoxy) is 2. The van der Waals surface area contributed by atoms with E-state index in [1.165, 1.54) is 6.20 Å². The molecule has 7 nitrogen and oxygen atoms in total. The van der Waals surface area contributed by atoms with Crippen LogP contribution in [0.3, 0.4) is 0 Å². The summed E-state index contributed by atoms with van der Waals surface area (Å²) in [6.45, 7) is 3.29. The number of methoxy groups -OCH3 is 1. The van der Waals surface area contributed by atoms with Crippen molar-refractivity contribution in [2.75, 3.05) is 43.6 Å². The van der Waals surface area contributed by atoms with E-state index in [9.17, 15) is 10.1 Å². The number of hydrogen-bond donors (Lipinski definition) is 2. The third-order valence-electron chi connectivity index (χ3n) is 4.61. The van der Waals surface area contributed by atoms with Gasteiger partial charge in [0.1, 0.15) is 17.4 Å². The highest BCUT2D eigenvalue weighted by Gasteiger charge is 2.15. The Morgan fingerprint density at radius 3 is 2.62 bits per heavy atom. The minimum Gasteiger partial charge on any atom is -0.497 e. The molecule has 1 fully saturated rings. The molecule has 3 rings (SSSR count). The van der Waals surface area contributed by atoms with Crippen molar-refractivity contribution < 1.29 is 14.3 Å². The Kier molecular flexibility index (Phi) is 7.09.